The van der Waals surface area contributed by atoms with Gasteiger partial charge >= 0.3 is 0 Å². The normalized spacial score (nSPS) is 10.2. The van der Waals surface area contributed by atoms with E-state index in [-0.39, 0.29) is 5.56 Å². The predicted molar refractivity (Wildman–Crippen MR) is 68.1 cm³/mol. The average molecular weight is 281 g/mol. The minimum atomic E-state index is -1.32. The standard InChI is InChI=1S/C13H10F3N3O/c1-17-12-6-18-3-2-7(12)13(20)19-11-5-9(15)8(14)4-10(11)16/h2-6,17H,1H3,(H,19,20). The van der Waals surface area contributed by atoms with Gasteiger partial charge in [0.05, 0.1) is 23.1 Å². The number of hydrogen-bond acceptors (Lipinski definition) is 3. The van der Waals surface area contributed by atoms with Gasteiger partial charge in [0.15, 0.2) is 11.6 Å². The Morgan fingerprint density at radius 3 is 2.50 bits per heavy atom. The molecule has 0 aliphatic rings. The predicted octanol–water partition coefficient (Wildman–Crippen LogP) is 2.79. The number of anilines is 2. The fourth-order valence-electron chi connectivity index (χ4n) is 1.60. The van der Waals surface area contributed by atoms with Gasteiger partial charge in [-0.15, -0.1) is 0 Å². The van der Waals surface area contributed by atoms with Gasteiger partial charge in [-0.05, 0) is 6.07 Å². The highest BCUT2D eigenvalue weighted by Gasteiger charge is 2.15. The lowest BCUT2D eigenvalue weighted by Gasteiger charge is -2.10. The van der Waals surface area contributed by atoms with Crippen LogP contribution in [-0.2, 0) is 0 Å². The zero-order chi connectivity index (χ0) is 14.7. The van der Waals surface area contributed by atoms with Crippen molar-refractivity contribution in [3.63, 3.8) is 0 Å². The molecule has 2 N–H and O–H groups in total. The molecule has 1 aromatic carbocycles. The summed E-state index contributed by atoms with van der Waals surface area (Å²) in [5, 5.41) is 4.93. The van der Waals surface area contributed by atoms with Crippen LogP contribution in [0.3, 0.4) is 0 Å². The van der Waals surface area contributed by atoms with Crippen molar-refractivity contribution in [3.8, 4) is 0 Å². The number of halogens is 3. The van der Waals surface area contributed by atoms with Crippen molar-refractivity contribution in [3.05, 3.63) is 53.6 Å². The summed E-state index contributed by atoms with van der Waals surface area (Å²) in [4.78, 5) is 15.8. The molecule has 2 aromatic rings. The Morgan fingerprint density at radius 2 is 1.80 bits per heavy atom. The monoisotopic (exact) mass is 281 g/mol. The number of pyridine rings is 1. The Morgan fingerprint density at radius 1 is 1.10 bits per heavy atom. The molecule has 1 heterocycles. The molecule has 0 bridgehead atoms. The van der Waals surface area contributed by atoms with Crippen molar-refractivity contribution in [2.75, 3.05) is 17.7 Å². The largest absolute Gasteiger partial charge is 0.386 e. The smallest absolute Gasteiger partial charge is 0.257 e. The quantitative estimate of drug-likeness (QED) is 0.851. The summed E-state index contributed by atoms with van der Waals surface area (Å²) in [6, 6.07) is 2.37. The first-order chi connectivity index (χ1) is 9.52. The molecule has 1 aromatic heterocycles. The summed E-state index contributed by atoms with van der Waals surface area (Å²) < 4.78 is 39.3. The fourth-order valence-corrected chi connectivity index (χ4v) is 1.60. The van der Waals surface area contributed by atoms with Crippen molar-refractivity contribution in [1.82, 2.24) is 4.98 Å². The number of rotatable bonds is 3. The SMILES string of the molecule is CNc1cnccc1C(=O)Nc1cc(F)c(F)cc1F. The second kappa shape index (κ2) is 5.60. The van der Waals surface area contributed by atoms with Gasteiger partial charge in [-0.1, -0.05) is 0 Å². The van der Waals surface area contributed by atoms with E-state index >= 15 is 0 Å². The Balaban J connectivity index is 2.30. The van der Waals surface area contributed by atoms with Gasteiger partial charge in [-0.2, -0.15) is 0 Å². The minimum Gasteiger partial charge on any atom is -0.386 e. The van der Waals surface area contributed by atoms with E-state index in [1.165, 1.54) is 18.5 Å². The number of carbonyl (C=O) groups excluding carboxylic acids is 1. The number of aromatic nitrogens is 1. The third kappa shape index (κ3) is 2.71. The van der Waals surface area contributed by atoms with Gasteiger partial charge in [0.2, 0.25) is 0 Å². The number of nitrogens with one attached hydrogen (secondary N) is 2. The molecule has 0 saturated heterocycles. The number of amides is 1. The van der Waals surface area contributed by atoms with Gasteiger partial charge in [0, 0.05) is 25.4 Å². The van der Waals surface area contributed by atoms with E-state index in [1.807, 2.05) is 0 Å². The first-order valence-electron chi connectivity index (χ1n) is 5.60. The molecular weight excluding hydrogens is 271 g/mol. The number of hydrogen-bond donors (Lipinski definition) is 2. The highest BCUT2D eigenvalue weighted by atomic mass is 19.2. The van der Waals surface area contributed by atoms with Crippen LogP contribution in [0.25, 0.3) is 0 Å². The van der Waals surface area contributed by atoms with Crippen LogP contribution in [0.4, 0.5) is 24.5 Å². The Hall–Kier alpha value is -2.57. The van der Waals surface area contributed by atoms with E-state index in [1.54, 1.807) is 7.05 Å². The zero-order valence-corrected chi connectivity index (χ0v) is 10.4. The Labute approximate surface area is 112 Å². The lowest BCUT2D eigenvalue weighted by atomic mass is 10.2. The maximum absolute atomic E-state index is 13.4. The maximum Gasteiger partial charge on any atom is 0.257 e. The molecule has 1 amide bonds. The molecule has 0 fully saturated rings. The maximum atomic E-state index is 13.4. The second-order valence-electron chi connectivity index (χ2n) is 3.87. The summed E-state index contributed by atoms with van der Waals surface area (Å²) in [6.07, 6.45) is 2.80. The summed E-state index contributed by atoms with van der Waals surface area (Å²) in [5.74, 6) is -4.29. The van der Waals surface area contributed by atoms with E-state index in [2.05, 4.69) is 15.6 Å². The summed E-state index contributed by atoms with van der Waals surface area (Å²) in [7, 11) is 1.59. The van der Waals surface area contributed by atoms with Gasteiger partial charge in [-0.3, -0.25) is 9.78 Å². The minimum absolute atomic E-state index is 0.201. The number of carbonyl (C=O) groups is 1. The molecule has 0 radical (unpaired) electrons. The van der Waals surface area contributed by atoms with Crippen LogP contribution in [0.1, 0.15) is 10.4 Å². The molecule has 0 aliphatic heterocycles. The molecule has 0 spiro atoms. The lowest BCUT2D eigenvalue weighted by Crippen LogP contribution is -2.15. The highest BCUT2D eigenvalue weighted by molar-refractivity contribution is 6.07. The van der Waals surface area contributed by atoms with E-state index in [9.17, 15) is 18.0 Å². The fraction of sp³-hybridized carbons (Fsp3) is 0.0769. The van der Waals surface area contributed by atoms with Crippen LogP contribution in [0, 0.1) is 17.5 Å². The van der Waals surface area contributed by atoms with Crippen molar-refractivity contribution < 1.29 is 18.0 Å². The molecule has 7 heteroatoms. The van der Waals surface area contributed by atoms with E-state index in [0.717, 1.165) is 0 Å². The van der Waals surface area contributed by atoms with Crippen LogP contribution in [-0.4, -0.2) is 17.9 Å². The molecule has 0 saturated carbocycles. The average Bonchev–Trinajstić information content (AvgIpc) is 2.44. The van der Waals surface area contributed by atoms with E-state index in [4.69, 9.17) is 0 Å². The third-order valence-electron chi connectivity index (χ3n) is 2.59. The topological polar surface area (TPSA) is 54.0 Å². The van der Waals surface area contributed by atoms with Crippen LogP contribution in [0.5, 0.6) is 0 Å². The number of benzene rings is 1. The summed E-state index contributed by atoms with van der Waals surface area (Å²) in [5.41, 5.74) is 0.187. The van der Waals surface area contributed by atoms with E-state index in [0.29, 0.717) is 17.8 Å². The summed E-state index contributed by atoms with van der Waals surface area (Å²) in [6.45, 7) is 0. The van der Waals surface area contributed by atoms with Crippen molar-refractivity contribution >= 4 is 17.3 Å². The first kappa shape index (κ1) is 13.9. The van der Waals surface area contributed by atoms with Crippen molar-refractivity contribution in [2.24, 2.45) is 0 Å². The second-order valence-corrected chi connectivity index (χ2v) is 3.87. The van der Waals surface area contributed by atoms with Gasteiger partial charge in [-0.25, -0.2) is 13.2 Å². The number of nitrogens with zero attached hydrogens (tertiary/aromatic N) is 1. The van der Waals surface area contributed by atoms with Crippen LogP contribution in [0.2, 0.25) is 0 Å². The molecule has 0 aliphatic carbocycles. The van der Waals surface area contributed by atoms with Crippen LogP contribution >= 0.6 is 0 Å². The molecule has 0 unspecified atom stereocenters. The zero-order valence-electron chi connectivity index (χ0n) is 10.4. The van der Waals surface area contributed by atoms with Crippen LogP contribution < -0.4 is 10.6 Å². The molecule has 4 nitrogen and oxygen atoms in total. The van der Waals surface area contributed by atoms with E-state index < -0.39 is 29.0 Å². The Bertz CT molecular complexity index is 661. The van der Waals surface area contributed by atoms with Gasteiger partial charge < -0.3 is 10.6 Å². The van der Waals surface area contributed by atoms with Crippen molar-refractivity contribution in [2.45, 2.75) is 0 Å². The molecule has 104 valence electrons. The van der Waals surface area contributed by atoms with Gasteiger partial charge in [0.1, 0.15) is 5.82 Å². The van der Waals surface area contributed by atoms with Gasteiger partial charge in [0.25, 0.3) is 5.91 Å². The Kier molecular flexibility index (Phi) is 3.88. The molecule has 2 rings (SSSR count). The third-order valence-corrected chi connectivity index (χ3v) is 2.59. The van der Waals surface area contributed by atoms with Crippen molar-refractivity contribution in [1.29, 1.82) is 0 Å². The highest BCUT2D eigenvalue weighted by Crippen LogP contribution is 2.20. The first-order valence-corrected chi connectivity index (χ1v) is 5.60. The molecule has 0 atom stereocenters. The summed E-state index contributed by atoms with van der Waals surface area (Å²) >= 11 is 0. The molecule has 20 heavy (non-hydrogen) atoms. The molecular formula is C13H10F3N3O. The van der Waals surface area contributed by atoms with Crippen LogP contribution in [0.15, 0.2) is 30.6 Å². The lowest BCUT2D eigenvalue weighted by molar-refractivity contribution is 0.102.